The third-order valence-electron chi connectivity index (χ3n) is 5.29. The average molecular weight is 261 g/mol. The average Bonchev–Trinajstić information content (AvgIpc) is 3.03. The Kier molecular flexibility index (Phi) is 3.88. The summed E-state index contributed by atoms with van der Waals surface area (Å²) >= 11 is 0. The van der Waals surface area contributed by atoms with Crippen molar-refractivity contribution in [2.45, 2.75) is 38.5 Å². The number of benzene rings is 1. The van der Waals surface area contributed by atoms with Gasteiger partial charge in [0.1, 0.15) is 5.82 Å². The van der Waals surface area contributed by atoms with E-state index in [1.54, 1.807) is 12.1 Å². The molecular weight excluding hydrogens is 237 g/mol. The van der Waals surface area contributed by atoms with Gasteiger partial charge in [-0.2, -0.15) is 0 Å². The van der Waals surface area contributed by atoms with E-state index >= 15 is 0 Å². The highest BCUT2D eigenvalue weighted by Crippen LogP contribution is 2.50. The van der Waals surface area contributed by atoms with Gasteiger partial charge in [0.05, 0.1) is 0 Å². The molecule has 0 saturated heterocycles. The lowest BCUT2D eigenvalue weighted by Gasteiger charge is -2.26. The van der Waals surface area contributed by atoms with E-state index in [-0.39, 0.29) is 5.82 Å². The van der Waals surface area contributed by atoms with Gasteiger partial charge in [-0.1, -0.05) is 18.6 Å². The van der Waals surface area contributed by atoms with Crippen molar-refractivity contribution in [3.8, 4) is 0 Å². The molecule has 0 radical (unpaired) electrons. The van der Waals surface area contributed by atoms with Crippen LogP contribution in [0.4, 0.5) is 4.39 Å². The minimum atomic E-state index is -0.152. The Hall–Kier alpha value is -0.890. The first-order valence-electron chi connectivity index (χ1n) is 7.69. The quantitative estimate of drug-likeness (QED) is 0.858. The zero-order chi connectivity index (χ0) is 13.2. The van der Waals surface area contributed by atoms with Gasteiger partial charge in [-0.05, 0) is 80.0 Å². The molecule has 0 spiro atoms. The summed E-state index contributed by atoms with van der Waals surface area (Å²) in [6.45, 7) is 0.755. The standard InChI is InChI=1S/C17H24FN/c18-17-5-2-12(3-6-17)7-14(11-19)10-16-9-13-1-4-15(16)8-13/h2-3,5-6,13-16H,1,4,7-11,19H2. The summed E-state index contributed by atoms with van der Waals surface area (Å²) in [5.74, 6) is 3.32. The van der Waals surface area contributed by atoms with Crippen molar-refractivity contribution >= 4 is 0 Å². The summed E-state index contributed by atoms with van der Waals surface area (Å²) in [4.78, 5) is 0. The smallest absolute Gasteiger partial charge is 0.123 e. The second-order valence-corrected chi connectivity index (χ2v) is 6.60. The number of hydrogen-bond acceptors (Lipinski definition) is 1. The largest absolute Gasteiger partial charge is 0.330 e. The molecule has 104 valence electrons. The maximum absolute atomic E-state index is 12.9. The summed E-state index contributed by atoms with van der Waals surface area (Å²) in [6, 6.07) is 6.92. The lowest BCUT2D eigenvalue weighted by Crippen LogP contribution is -2.23. The van der Waals surface area contributed by atoms with Crippen LogP contribution in [0.15, 0.2) is 24.3 Å². The van der Waals surface area contributed by atoms with Gasteiger partial charge in [0.2, 0.25) is 0 Å². The Morgan fingerprint density at radius 3 is 2.53 bits per heavy atom. The topological polar surface area (TPSA) is 26.0 Å². The molecule has 1 aromatic rings. The molecule has 0 heterocycles. The van der Waals surface area contributed by atoms with Crippen molar-refractivity contribution in [2.75, 3.05) is 6.54 Å². The van der Waals surface area contributed by atoms with Gasteiger partial charge in [0, 0.05) is 0 Å². The molecule has 2 saturated carbocycles. The lowest BCUT2D eigenvalue weighted by atomic mass is 9.80. The Morgan fingerprint density at radius 1 is 1.16 bits per heavy atom. The number of nitrogens with two attached hydrogens (primary N) is 1. The molecule has 2 aliphatic rings. The van der Waals surface area contributed by atoms with Crippen LogP contribution in [0.25, 0.3) is 0 Å². The fraction of sp³-hybridized carbons (Fsp3) is 0.647. The lowest BCUT2D eigenvalue weighted by molar-refractivity contribution is 0.268. The van der Waals surface area contributed by atoms with Gasteiger partial charge >= 0.3 is 0 Å². The van der Waals surface area contributed by atoms with Crippen LogP contribution in [0.5, 0.6) is 0 Å². The summed E-state index contributed by atoms with van der Waals surface area (Å²) in [5, 5.41) is 0. The van der Waals surface area contributed by atoms with Crippen LogP contribution in [0, 0.1) is 29.5 Å². The third kappa shape index (κ3) is 3.00. The van der Waals surface area contributed by atoms with E-state index < -0.39 is 0 Å². The molecule has 19 heavy (non-hydrogen) atoms. The second kappa shape index (κ2) is 5.62. The van der Waals surface area contributed by atoms with Crippen LogP contribution in [-0.4, -0.2) is 6.54 Å². The normalized spacial score (nSPS) is 30.7. The predicted octanol–water partition coefficient (Wildman–Crippen LogP) is 3.77. The molecule has 0 aromatic heterocycles. The second-order valence-electron chi connectivity index (χ2n) is 6.60. The van der Waals surface area contributed by atoms with Crippen LogP contribution >= 0.6 is 0 Å². The SMILES string of the molecule is NCC(Cc1ccc(F)cc1)CC1CC2CCC1C2. The highest BCUT2D eigenvalue weighted by Gasteiger charge is 2.39. The maximum Gasteiger partial charge on any atom is 0.123 e. The third-order valence-corrected chi connectivity index (χ3v) is 5.29. The van der Waals surface area contributed by atoms with Crippen LogP contribution in [0.2, 0.25) is 0 Å². The minimum Gasteiger partial charge on any atom is -0.330 e. The van der Waals surface area contributed by atoms with E-state index in [1.807, 2.05) is 12.1 Å². The van der Waals surface area contributed by atoms with Crippen LogP contribution in [-0.2, 0) is 6.42 Å². The van der Waals surface area contributed by atoms with Gasteiger partial charge in [0.15, 0.2) is 0 Å². The molecule has 2 bridgehead atoms. The van der Waals surface area contributed by atoms with Gasteiger partial charge in [0.25, 0.3) is 0 Å². The van der Waals surface area contributed by atoms with Gasteiger partial charge < -0.3 is 5.73 Å². The molecule has 0 amide bonds. The van der Waals surface area contributed by atoms with Crippen LogP contribution in [0.3, 0.4) is 0 Å². The monoisotopic (exact) mass is 261 g/mol. The van der Waals surface area contributed by atoms with E-state index in [0.717, 1.165) is 30.7 Å². The number of halogens is 1. The fourth-order valence-corrected chi connectivity index (χ4v) is 4.31. The Balaban J connectivity index is 1.57. The zero-order valence-corrected chi connectivity index (χ0v) is 11.5. The molecule has 2 aliphatic carbocycles. The van der Waals surface area contributed by atoms with Gasteiger partial charge in [-0.25, -0.2) is 4.39 Å². The van der Waals surface area contributed by atoms with Crippen molar-refractivity contribution in [2.24, 2.45) is 29.4 Å². The Labute approximate surface area is 115 Å². The fourth-order valence-electron chi connectivity index (χ4n) is 4.31. The summed E-state index contributed by atoms with van der Waals surface area (Å²) in [7, 11) is 0. The highest BCUT2D eigenvalue weighted by atomic mass is 19.1. The number of fused-ring (bicyclic) bond motifs is 2. The van der Waals surface area contributed by atoms with E-state index in [0.29, 0.717) is 5.92 Å². The Morgan fingerprint density at radius 2 is 1.95 bits per heavy atom. The molecule has 1 aromatic carbocycles. The van der Waals surface area contributed by atoms with Crippen molar-refractivity contribution in [3.05, 3.63) is 35.6 Å². The molecule has 1 nitrogen and oxygen atoms in total. The van der Waals surface area contributed by atoms with E-state index in [4.69, 9.17) is 5.73 Å². The molecule has 2 fully saturated rings. The summed E-state index contributed by atoms with van der Waals surface area (Å²) in [5.41, 5.74) is 7.17. The van der Waals surface area contributed by atoms with E-state index in [1.165, 1.54) is 37.7 Å². The number of hydrogen-bond donors (Lipinski definition) is 1. The zero-order valence-electron chi connectivity index (χ0n) is 11.5. The summed E-state index contributed by atoms with van der Waals surface area (Å²) in [6.07, 6.45) is 8.10. The first-order valence-corrected chi connectivity index (χ1v) is 7.69. The first-order chi connectivity index (χ1) is 9.24. The van der Waals surface area contributed by atoms with E-state index in [9.17, 15) is 4.39 Å². The number of rotatable bonds is 5. The van der Waals surface area contributed by atoms with Crippen LogP contribution < -0.4 is 5.73 Å². The van der Waals surface area contributed by atoms with E-state index in [2.05, 4.69) is 0 Å². The molecule has 2 N–H and O–H groups in total. The van der Waals surface area contributed by atoms with Crippen molar-refractivity contribution in [1.29, 1.82) is 0 Å². The molecule has 4 unspecified atom stereocenters. The molecule has 3 rings (SSSR count). The van der Waals surface area contributed by atoms with Gasteiger partial charge in [-0.15, -0.1) is 0 Å². The molecule has 4 atom stereocenters. The van der Waals surface area contributed by atoms with Crippen molar-refractivity contribution < 1.29 is 4.39 Å². The Bertz CT molecular complexity index is 414. The minimum absolute atomic E-state index is 0.152. The molecular formula is C17H24FN. The predicted molar refractivity (Wildman–Crippen MR) is 76.2 cm³/mol. The van der Waals surface area contributed by atoms with Crippen molar-refractivity contribution in [3.63, 3.8) is 0 Å². The maximum atomic E-state index is 12.9. The van der Waals surface area contributed by atoms with Gasteiger partial charge in [-0.3, -0.25) is 0 Å². The molecule has 2 heteroatoms. The summed E-state index contributed by atoms with van der Waals surface area (Å²) < 4.78 is 12.9. The first kappa shape index (κ1) is 13.1. The highest BCUT2D eigenvalue weighted by molar-refractivity contribution is 5.16. The molecule has 0 aliphatic heterocycles. The van der Waals surface area contributed by atoms with Crippen LogP contribution in [0.1, 0.15) is 37.7 Å². The van der Waals surface area contributed by atoms with Crippen molar-refractivity contribution in [1.82, 2.24) is 0 Å².